The third-order valence-electron chi connectivity index (χ3n) is 5.13. The van der Waals surface area contributed by atoms with Gasteiger partial charge in [-0.3, -0.25) is 14.4 Å². The van der Waals surface area contributed by atoms with E-state index in [1.807, 2.05) is 13.0 Å². The summed E-state index contributed by atoms with van der Waals surface area (Å²) in [5, 5.41) is 5.01. The number of carbonyl (C=O) groups excluding carboxylic acids is 3. The first-order valence-electron chi connectivity index (χ1n) is 10.7. The molecule has 2 N–H and O–H groups in total. The number of ether oxygens (including phenoxy) is 2. The van der Waals surface area contributed by atoms with E-state index in [0.717, 1.165) is 5.56 Å². The van der Waals surface area contributed by atoms with Gasteiger partial charge in [-0.15, -0.1) is 0 Å². The van der Waals surface area contributed by atoms with Crippen LogP contribution in [0.5, 0.6) is 0 Å². The number of nitrogens with one attached hydrogen (secondary N) is 2. The number of morpholine rings is 1. The summed E-state index contributed by atoms with van der Waals surface area (Å²) in [6, 6.07) is 11.3. The maximum absolute atomic E-state index is 12.9. The summed E-state index contributed by atoms with van der Waals surface area (Å²) in [6.45, 7) is 3.75. The second-order valence-corrected chi connectivity index (χ2v) is 9.69. The minimum absolute atomic E-state index is 0.0474. The van der Waals surface area contributed by atoms with Crippen molar-refractivity contribution in [3.05, 3.63) is 59.2 Å². The Labute approximate surface area is 198 Å². The monoisotopic (exact) mass is 489 g/mol. The Morgan fingerprint density at radius 3 is 2.50 bits per heavy atom. The van der Waals surface area contributed by atoms with Gasteiger partial charge in [-0.05, 0) is 43.7 Å². The lowest BCUT2D eigenvalue weighted by molar-refractivity contribution is -0.146. The third-order valence-corrected chi connectivity index (χ3v) is 7.02. The lowest BCUT2D eigenvalue weighted by Gasteiger charge is -2.26. The molecule has 0 aromatic heterocycles. The molecule has 0 bridgehead atoms. The largest absolute Gasteiger partial charge is 0.454 e. The first kappa shape index (κ1) is 25.3. The van der Waals surface area contributed by atoms with E-state index in [4.69, 9.17) is 9.47 Å². The van der Waals surface area contributed by atoms with Crippen molar-refractivity contribution < 1.29 is 32.3 Å². The van der Waals surface area contributed by atoms with E-state index in [1.54, 1.807) is 31.2 Å². The molecule has 2 aromatic carbocycles. The number of benzene rings is 2. The van der Waals surface area contributed by atoms with Crippen molar-refractivity contribution in [3.8, 4) is 0 Å². The van der Waals surface area contributed by atoms with Gasteiger partial charge in [0.15, 0.2) is 6.61 Å². The van der Waals surface area contributed by atoms with Gasteiger partial charge in [0.25, 0.3) is 11.8 Å². The Kier molecular flexibility index (Phi) is 8.37. The summed E-state index contributed by atoms with van der Waals surface area (Å²) < 4.78 is 37.2. The van der Waals surface area contributed by atoms with E-state index in [9.17, 15) is 22.8 Å². The zero-order valence-corrected chi connectivity index (χ0v) is 19.8. The highest BCUT2D eigenvalue weighted by molar-refractivity contribution is 7.89. The SMILES string of the molecule is Cc1cccc(C(=O)NCC(=O)OCC(=O)Nc2cc(S(=O)(=O)N3CCOCC3)ccc2C)c1. The Morgan fingerprint density at radius 1 is 1.06 bits per heavy atom. The van der Waals surface area contributed by atoms with Crippen LogP contribution in [-0.4, -0.2) is 70.0 Å². The van der Waals surface area contributed by atoms with Crippen LogP contribution in [0.2, 0.25) is 0 Å². The fourth-order valence-corrected chi connectivity index (χ4v) is 4.69. The number of esters is 1. The van der Waals surface area contributed by atoms with Gasteiger partial charge in [-0.25, -0.2) is 8.42 Å². The van der Waals surface area contributed by atoms with Crippen LogP contribution < -0.4 is 10.6 Å². The van der Waals surface area contributed by atoms with Crippen LogP contribution in [0.15, 0.2) is 47.4 Å². The van der Waals surface area contributed by atoms with Gasteiger partial charge >= 0.3 is 5.97 Å². The second-order valence-electron chi connectivity index (χ2n) is 7.75. The minimum Gasteiger partial charge on any atom is -0.454 e. The van der Waals surface area contributed by atoms with Crippen molar-refractivity contribution in [2.75, 3.05) is 44.8 Å². The molecular weight excluding hydrogens is 462 g/mol. The van der Waals surface area contributed by atoms with E-state index >= 15 is 0 Å². The second kappa shape index (κ2) is 11.2. The van der Waals surface area contributed by atoms with Crippen molar-refractivity contribution >= 4 is 33.5 Å². The van der Waals surface area contributed by atoms with Crippen molar-refractivity contribution in [2.24, 2.45) is 0 Å². The zero-order chi connectivity index (χ0) is 24.7. The average molecular weight is 490 g/mol. The molecule has 3 rings (SSSR count). The zero-order valence-electron chi connectivity index (χ0n) is 19.0. The number of hydrogen-bond acceptors (Lipinski definition) is 7. The molecule has 1 saturated heterocycles. The molecular formula is C23H27N3O7S. The number of sulfonamides is 1. The maximum atomic E-state index is 12.9. The minimum atomic E-state index is -3.73. The third kappa shape index (κ3) is 6.62. The van der Waals surface area contributed by atoms with Crippen LogP contribution >= 0.6 is 0 Å². The molecule has 1 fully saturated rings. The number of aryl methyl sites for hydroxylation is 2. The van der Waals surface area contributed by atoms with E-state index < -0.39 is 41.0 Å². The van der Waals surface area contributed by atoms with Gasteiger partial charge < -0.3 is 20.1 Å². The lowest BCUT2D eigenvalue weighted by atomic mass is 10.1. The molecule has 0 unspecified atom stereocenters. The van der Waals surface area contributed by atoms with Gasteiger partial charge in [0.2, 0.25) is 10.0 Å². The highest BCUT2D eigenvalue weighted by Gasteiger charge is 2.27. The van der Waals surface area contributed by atoms with Crippen LogP contribution in [-0.2, 0) is 29.1 Å². The molecule has 11 heteroatoms. The standard InChI is InChI=1S/C23H27N3O7S/c1-16-4-3-5-18(12-16)23(29)24-14-22(28)33-15-21(27)25-20-13-19(7-6-17(20)2)34(30,31)26-8-10-32-11-9-26/h3-7,12-13H,8-11,14-15H2,1-2H3,(H,24,29)(H,25,27). The van der Waals surface area contributed by atoms with Crippen molar-refractivity contribution in [1.29, 1.82) is 0 Å². The van der Waals surface area contributed by atoms with Gasteiger partial charge in [-0.1, -0.05) is 23.8 Å². The van der Waals surface area contributed by atoms with Crippen LogP contribution in [0.4, 0.5) is 5.69 Å². The van der Waals surface area contributed by atoms with E-state index in [2.05, 4.69) is 10.6 Å². The summed E-state index contributed by atoms with van der Waals surface area (Å²) in [7, 11) is -3.73. The highest BCUT2D eigenvalue weighted by atomic mass is 32.2. The molecule has 0 atom stereocenters. The average Bonchev–Trinajstić information content (AvgIpc) is 2.83. The molecule has 1 aliphatic rings. The molecule has 0 aliphatic carbocycles. The number of amides is 2. The molecule has 1 aliphatic heterocycles. The molecule has 0 saturated carbocycles. The quantitative estimate of drug-likeness (QED) is 0.533. The van der Waals surface area contributed by atoms with E-state index in [-0.39, 0.29) is 18.0 Å². The number of anilines is 1. The van der Waals surface area contributed by atoms with Gasteiger partial charge in [-0.2, -0.15) is 4.31 Å². The number of carbonyl (C=O) groups is 3. The van der Waals surface area contributed by atoms with Crippen LogP contribution in [0.25, 0.3) is 0 Å². The van der Waals surface area contributed by atoms with Gasteiger partial charge in [0.1, 0.15) is 6.54 Å². The Bertz CT molecular complexity index is 1170. The highest BCUT2D eigenvalue weighted by Crippen LogP contribution is 2.23. The molecule has 0 spiro atoms. The molecule has 34 heavy (non-hydrogen) atoms. The summed E-state index contributed by atoms with van der Waals surface area (Å²) in [5.41, 5.74) is 2.26. The molecule has 182 valence electrons. The lowest BCUT2D eigenvalue weighted by Crippen LogP contribution is -2.40. The predicted octanol–water partition coefficient (Wildman–Crippen LogP) is 1.24. The first-order valence-corrected chi connectivity index (χ1v) is 12.1. The Morgan fingerprint density at radius 2 is 1.79 bits per heavy atom. The fourth-order valence-electron chi connectivity index (χ4n) is 3.26. The number of nitrogens with zero attached hydrogens (tertiary/aromatic N) is 1. The molecule has 2 aromatic rings. The van der Waals surface area contributed by atoms with Gasteiger partial charge in [0.05, 0.1) is 18.1 Å². The molecule has 1 heterocycles. The molecule has 10 nitrogen and oxygen atoms in total. The molecule has 2 amide bonds. The Hall–Kier alpha value is -3.28. The van der Waals surface area contributed by atoms with Crippen LogP contribution in [0.1, 0.15) is 21.5 Å². The smallest absolute Gasteiger partial charge is 0.325 e. The van der Waals surface area contributed by atoms with Gasteiger partial charge in [0, 0.05) is 24.3 Å². The van der Waals surface area contributed by atoms with E-state index in [1.165, 1.54) is 16.4 Å². The summed E-state index contributed by atoms with van der Waals surface area (Å²) >= 11 is 0. The number of rotatable bonds is 8. The topological polar surface area (TPSA) is 131 Å². The van der Waals surface area contributed by atoms with Crippen molar-refractivity contribution in [2.45, 2.75) is 18.7 Å². The maximum Gasteiger partial charge on any atom is 0.325 e. The first-order chi connectivity index (χ1) is 16.2. The van der Waals surface area contributed by atoms with Crippen LogP contribution in [0.3, 0.4) is 0 Å². The van der Waals surface area contributed by atoms with E-state index in [0.29, 0.717) is 30.0 Å². The summed E-state index contributed by atoms with van der Waals surface area (Å²) in [6.07, 6.45) is 0. The van der Waals surface area contributed by atoms with Crippen molar-refractivity contribution in [1.82, 2.24) is 9.62 Å². The summed E-state index contributed by atoms with van der Waals surface area (Å²) in [5.74, 6) is -1.85. The molecule has 0 radical (unpaired) electrons. The number of hydrogen-bond donors (Lipinski definition) is 2. The predicted molar refractivity (Wildman–Crippen MR) is 124 cm³/mol. The Balaban J connectivity index is 1.52. The fraction of sp³-hybridized carbons (Fsp3) is 0.348. The van der Waals surface area contributed by atoms with Crippen molar-refractivity contribution in [3.63, 3.8) is 0 Å². The normalized spacial score (nSPS) is 14.3. The summed E-state index contributed by atoms with van der Waals surface area (Å²) in [4.78, 5) is 36.3. The van der Waals surface area contributed by atoms with Crippen LogP contribution in [0, 0.1) is 13.8 Å².